The molecule has 6 nitrogen and oxygen atoms in total. The molecule has 1 atom stereocenters. The average Bonchev–Trinajstić information content (AvgIpc) is 2.38. The van der Waals surface area contributed by atoms with Gasteiger partial charge in [-0.15, -0.1) is 0 Å². The number of piperidine rings is 1. The topological polar surface area (TPSA) is 70.3 Å². The van der Waals surface area contributed by atoms with Gasteiger partial charge in [0.15, 0.2) is 0 Å². The van der Waals surface area contributed by atoms with Crippen LogP contribution in [0.15, 0.2) is 6.07 Å². The van der Waals surface area contributed by atoms with E-state index >= 15 is 0 Å². The van der Waals surface area contributed by atoms with Gasteiger partial charge < -0.3 is 10.3 Å². The van der Waals surface area contributed by atoms with Crippen molar-refractivity contribution in [2.45, 2.75) is 32.4 Å². The number of nitrogens with zero attached hydrogens (tertiary/aromatic N) is 4. The van der Waals surface area contributed by atoms with Crippen LogP contribution in [0.5, 0.6) is 0 Å². The van der Waals surface area contributed by atoms with Gasteiger partial charge in [0.05, 0.1) is 6.54 Å². The van der Waals surface area contributed by atoms with Gasteiger partial charge in [-0.1, -0.05) is 0 Å². The molecule has 6 heteroatoms. The van der Waals surface area contributed by atoms with E-state index in [9.17, 15) is 0 Å². The smallest absolute Gasteiger partial charge is 0.145 e. The first kappa shape index (κ1) is 14.2. The molecule has 106 valence electrons. The summed E-state index contributed by atoms with van der Waals surface area (Å²) in [6, 6.07) is 2.48. The molecule has 0 spiro atoms. The molecule has 0 bridgehead atoms. The first-order chi connectivity index (χ1) is 9.08. The third kappa shape index (κ3) is 3.86. The van der Waals surface area contributed by atoms with Crippen molar-refractivity contribution in [2.24, 2.45) is 5.84 Å². The molecule has 1 aliphatic rings. The highest BCUT2D eigenvalue weighted by Crippen LogP contribution is 2.16. The van der Waals surface area contributed by atoms with E-state index in [1.165, 1.54) is 12.8 Å². The molecule has 0 saturated carbocycles. The second-order valence-corrected chi connectivity index (χ2v) is 5.45. The van der Waals surface area contributed by atoms with E-state index < -0.39 is 0 Å². The van der Waals surface area contributed by atoms with Crippen LogP contribution in [0.3, 0.4) is 0 Å². The number of likely N-dealkylation sites (tertiary alicyclic amines) is 1. The molecule has 3 N–H and O–H groups in total. The monoisotopic (exact) mass is 264 g/mol. The van der Waals surface area contributed by atoms with Crippen LogP contribution in [0.2, 0.25) is 0 Å². The normalized spacial score (nSPS) is 20.8. The van der Waals surface area contributed by atoms with Gasteiger partial charge in [0, 0.05) is 24.3 Å². The van der Waals surface area contributed by atoms with E-state index in [0.29, 0.717) is 11.9 Å². The minimum Gasteiger partial charge on any atom is -0.308 e. The zero-order chi connectivity index (χ0) is 13.8. The molecular weight excluding hydrogens is 240 g/mol. The van der Waals surface area contributed by atoms with E-state index in [-0.39, 0.29) is 0 Å². The highest BCUT2D eigenvalue weighted by molar-refractivity contribution is 5.33. The van der Waals surface area contributed by atoms with Crippen LogP contribution in [0, 0.1) is 6.92 Å². The number of likely N-dealkylation sites (N-methyl/N-ethyl adjacent to an activating group) is 1. The molecule has 0 amide bonds. The number of aromatic nitrogens is 2. The third-order valence-electron chi connectivity index (χ3n) is 3.62. The van der Waals surface area contributed by atoms with E-state index in [1.807, 2.05) is 13.0 Å². The summed E-state index contributed by atoms with van der Waals surface area (Å²) in [7, 11) is 4.29. The Morgan fingerprint density at radius 1 is 1.47 bits per heavy atom. The number of aryl methyl sites for hydroxylation is 1. The number of nitrogens with two attached hydrogens (primary N) is 1. The quantitative estimate of drug-likeness (QED) is 0.613. The van der Waals surface area contributed by atoms with E-state index in [1.54, 1.807) is 0 Å². The second kappa shape index (κ2) is 6.27. The molecule has 1 aromatic rings. The lowest BCUT2D eigenvalue weighted by Gasteiger charge is -2.35. The van der Waals surface area contributed by atoms with Crippen LogP contribution in [0.4, 0.5) is 5.82 Å². The summed E-state index contributed by atoms with van der Waals surface area (Å²) in [5.74, 6) is 6.95. The van der Waals surface area contributed by atoms with Crippen LogP contribution in [0.1, 0.15) is 24.4 Å². The van der Waals surface area contributed by atoms with E-state index in [0.717, 1.165) is 31.2 Å². The molecular formula is C13H24N6. The summed E-state index contributed by atoms with van der Waals surface area (Å²) < 4.78 is 0. The maximum absolute atomic E-state index is 5.42. The lowest BCUT2D eigenvalue weighted by Crippen LogP contribution is -2.44. The van der Waals surface area contributed by atoms with Gasteiger partial charge in [0.1, 0.15) is 11.6 Å². The first-order valence-electron chi connectivity index (χ1n) is 6.78. The molecule has 0 radical (unpaired) electrons. The molecule has 2 rings (SSSR count). The molecule has 1 aliphatic heterocycles. The number of hydrogen-bond acceptors (Lipinski definition) is 6. The van der Waals surface area contributed by atoms with Crippen LogP contribution in [-0.2, 0) is 6.54 Å². The maximum Gasteiger partial charge on any atom is 0.145 e. The Kier molecular flexibility index (Phi) is 4.68. The minimum absolute atomic E-state index is 0.630. The number of hydrogen-bond donors (Lipinski definition) is 2. The van der Waals surface area contributed by atoms with Crippen molar-refractivity contribution in [3.05, 3.63) is 17.6 Å². The van der Waals surface area contributed by atoms with Gasteiger partial charge in [-0.05, 0) is 40.4 Å². The van der Waals surface area contributed by atoms with Crippen molar-refractivity contribution >= 4 is 5.82 Å². The fourth-order valence-corrected chi connectivity index (χ4v) is 2.57. The van der Waals surface area contributed by atoms with Crippen molar-refractivity contribution < 1.29 is 0 Å². The van der Waals surface area contributed by atoms with E-state index in [2.05, 4.69) is 39.3 Å². The number of rotatable bonds is 4. The SMILES string of the molecule is Cc1cc(NN)nc(CN2CCCC(N(C)C)C2)n1. The maximum atomic E-state index is 5.42. The summed E-state index contributed by atoms with van der Waals surface area (Å²) in [5.41, 5.74) is 3.54. The van der Waals surface area contributed by atoms with Crippen LogP contribution in [0.25, 0.3) is 0 Å². The highest BCUT2D eigenvalue weighted by atomic mass is 15.3. The van der Waals surface area contributed by atoms with Gasteiger partial charge in [0.25, 0.3) is 0 Å². The summed E-state index contributed by atoms with van der Waals surface area (Å²) in [5, 5.41) is 0. The fraction of sp³-hybridized carbons (Fsp3) is 0.692. The lowest BCUT2D eigenvalue weighted by atomic mass is 10.1. The lowest BCUT2D eigenvalue weighted by molar-refractivity contribution is 0.125. The second-order valence-electron chi connectivity index (χ2n) is 5.45. The molecule has 2 heterocycles. The van der Waals surface area contributed by atoms with Crippen LogP contribution >= 0.6 is 0 Å². The van der Waals surface area contributed by atoms with Gasteiger partial charge in [0.2, 0.25) is 0 Å². The summed E-state index contributed by atoms with van der Waals surface area (Å²) in [6.07, 6.45) is 2.50. The van der Waals surface area contributed by atoms with Crippen LogP contribution in [-0.4, -0.2) is 53.0 Å². The molecule has 0 aliphatic carbocycles. The Hall–Kier alpha value is -1.24. The zero-order valence-electron chi connectivity index (χ0n) is 12.1. The fourth-order valence-electron chi connectivity index (χ4n) is 2.57. The number of anilines is 1. The Balaban J connectivity index is 2.02. The molecule has 0 aromatic carbocycles. The Morgan fingerprint density at radius 3 is 2.95 bits per heavy atom. The van der Waals surface area contributed by atoms with Crippen molar-refractivity contribution in [2.75, 3.05) is 32.6 Å². The Morgan fingerprint density at radius 2 is 2.26 bits per heavy atom. The summed E-state index contributed by atoms with van der Waals surface area (Å²) in [4.78, 5) is 13.6. The van der Waals surface area contributed by atoms with Crippen molar-refractivity contribution in [1.29, 1.82) is 0 Å². The Labute approximate surface area is 115 Å². The molecule has 1 unspecified atom stereocenters. The third-order valence-corrected chi connectivity index (χ3v) is 3.62. The molecule has 1 aromatic heterocycles. The number of hydrazine groups is 1. The van der Waals surface area contributed by atoms with Crippen molar-refractivity contribution in [3.63, 3.8) is 0 Å². The number of nitrogen functional groups attached to an aromatic ring is 1. The minimum atomic E-state index is 0.630. The van der Waals surface area contributed by atoms with E-state index in [4.69, 9.17) is 5.84 Å². The zero-order valence-corrected chi connectivity index (χ0v) is 12.1. The van der Waals surface area contributed by atoms with Gasteiger partial charge in [-0.25, -0.2) is 15.8 Å². The largest absolute Gasteiger partial charge is 0.308 e. The van der Waals surface area contributed by atoms with Crippen molar-refractivity contribution in [3.8, 4) is 0 Å². The van der Waals surface area contributed by atoms with Gasteiger partial charge >= 0.3 is 0 Å². The highest BCUT2D eigenvalue weighted by Gasteiger charge is 2.22. The van der Waals surface area contributed by atoms with Gasteiger partial charge in [-0.2, -0.15) is 0 Å². The first-order valence-corrected chi connectivity index (χ1v) is 6.78. The van der Waals surface area contributed by atoms with Crippen molar-refractivity contribution in [1.82, 2.24) is 19.8 Å². The Bertz CT molecular complexity index is 420. The predicted octanol–water partition coefficient (Wildman–Crippen LogP) is 0.597. The summed E-state index contributed by atoms with van der Waals surface area (Å²) in [6.45, 7) is 4.95. The molecule has 19 heavy (non-hydrogen) atoms. The summed E-state index contributed by atoms with van der Waals surface area (Å²) >= 11 is 0. The number of nitrogens with one attached hydrogen (secondary N) is 1. The average molecular weight is 264 g/mol. The standard InChI is InChI=1S/C13H24N6/c1-10-7-12(17-14)16-13(15-10)9-19-6-4-5-11(8-19)18(2)3/h7,11H,4-6,8-9,14H2,1-3H3,(H,15,16,17). The molecule has 1 fully saturated rings. The van der Waals surface area contributed by atoms with Gasteiger partial charge in [-0.3, -0.25) is 4.90 Å². The molecule has 1 saturated heterocycles. The van der Waals surface area contributed by atoms with Crippen LogP contribution < -0.4 is 11.3 Å². The predicted molar refractivity (Wildman–Crippen MR) is 76.6 cm³/mol.